The maximum absolute atomic E-state index is 10.8. The van der Waals surface area contributed by atoms with Crippen molar-refractivity contribution >= 4 is 11.5 Å². The summed E-state index contributed by atoms with van der Waals surface area (Å²) in [5.41, 5.74) is 6.97. The number of aromatic carboxylic acids is 1. The molecule has 0 bridgehead atoms. The molecule has 0 fully saturated rings. The lowest BCUT2D eigenvalue weighted by Crippen LogP contribution is -2.02. The Morgan fingerprint density at radius 2 is 2.43 bits per heavy atom. The first-order valence-corrected chi connectivity index (χ1v) is 4.11. The second-order valence-electron chi connectivity index (χ2n) is 2.93. The highest BCUT2D eigenvalue weighted by Gasteiger charge is 2.10. The molecule has 2 aromatic rings. The lowest BCUT2D eigenvalue weighted by molar-refractivity contribution is 0.0692. The summed E-state index contributed by atoms with van der Waals surface area (Å²) in [5, 5.41) is 8.86. The molecule has 0 radical (unpaired) electrons. The number of nitrogens with two attached hydrogens (primary N) is 1. The van der Waals surface area contributed by atoms with Gasteiger partial charge < -0.3 is 15.2 Å². The van der Waals surface area contributed by atoms with Crippen molar-refractivity contribution in [3.63, 3.8) is 0 Å². The fourth-order valence-electron chi connectivity index (χ4n) is 1.37. The average molecular weight is 191 g/mol. The zero-order valence-corrected chi connectivity index (χ0v) is 7.34. The molecule has 2 heterocycles. The molecule has 0 aliphatic rings. The molecule has 0 unspecified atom stereocenters. The monoisotopic (exact) mass is 191 g/mol. The van der Waals surface area contributed by atoms with Gasteiger partial charge in [0.05, 0.1) is 5.52 Å². The summed E-state index contributed by atoms with van der Waals surface area (Å²) < 4.78 is 1.71. The molecule has 0 saturated carbocycles. The normalized spacial score (nSPS) is 10.6. The fourth-order valence-corrected chi connectivity index (χ4v) is 1.37. The van der Waals surface area contributed by atoms with Crippen molar-refractivity contribution in [1.29, 1.82) is 0 Å². The number of fused-ring (bicyclic) bond motifs is 1. The van der Waals surface area contributed by atoms with Gasteiger partial charge in [-0.05, 0) is 11.6 Å². The van der Waals surface area contributed by atoms with Crippen LogP contribution in [0.25, 0.3) is 5.52 Å². The Bertz CT molecular complexity index is 490. The van der Waals surface area contributed by atoms with Gasteiger partial charge in [-0.2, -0.15) is 0 Å². The number of rotatable bonds is 2. The van der Waals surface area contributed by atoms with Crippen molar-refractivity contribution in [3.05, 3.63) is 35.9 Å². The van der Waals surface area contributed by atoms with E-state index < -0.39 is 5.97 Å². The molecule has 2 rings (SSSR count). The van der Waals surface area contributed by atoms with Crippen LogP contribution in [0.5, 0.6) is 0 Å². The van der Waals surface area contributed by atoms with Crippen LogP contribution in [0.15, 0.2) is 24.7 Å². The van der Waals surface area contributed by atoms with E-state index in [0.29, 0.717) is 12.1 Å². The van der Waals surface area contributed by atoms with Crippen molar-refractivity contribution in [2.24, 2.45) is 5.73 Å². The minimum Gasteiger partial charge on any atom is -0.476 e. The van der Waals surface area contributed by atoms with Crippen molar-refractivity contribution < 1.29 is 9.90 Å². The zero-order valence-electron chi connectivity index (χ0n) is 7.34. The van der Waals surface area contributed by atoms with Crippen LogP contribution in [0.2, 0.25) is 0 Å². The van der Waals surface area contributed by atoms with E-state index in [9.17, 15) is 4.79 Å². The van der Waals surface area contributed by atoms with Crippen LogP contribution in [0.3, 0.4) is 0 Å². The van der Waals surface area contributed by atoms with Gasteiger partial charge >= 0.3 is 5.97 Å². The number of carboxylic acids is 1. The summed E-state index contributed by atoms with van der Waals surface area (Å²) in [7, 11) is 0. The first-order valence-electron chi connectivity index (χ1n) is 4.11. The van der Waals surface area contributed by atoms with Crippen molar-refractivity contribution in [1.82, 2.24) is 9.38 Å². The number of hydrogen-bond acceptors (Lipinski definition) is 3. The fraction of sp³-hybridized carbons (Fsp3) is 0.111. The summed E-state index contributed by atoms with van der Waals surface area (Å²) in [6.07, 6.45) is 4.95. The smallest absolute Gasteiger partial charge is 0.356 e. The van der Waals surface area contributed by atoms with Crippen molar-refractivity contribution in [2.45, 2.75) is 6.54 Å². The minimum absolute atomic E-state index is 0.0483. The third-order valence-electron chi connectivity index (χ3n) is 2.02. The molecule has 3 N–H and O–H groups in total. The van der Waals surface area contributed by atoms with E-state index in [1.807, 2.05) is 0 Å². The Balaban J connectivity index is 2.73. The molecule has 5 nitrogen and oxygen atoms in total. The highest BCUT2D eigenvalue weighted by Crippen LogP contribution is 2.12. The Labute approximate surface area is 79.8 Å². The molecule has 72 valence electrons. The van der Waals surface area contributed by atoms with E-state index in [2.05, 4.69) is 4.98 Å². The predicted molar refractivity (Wildman–Crippen MR) is 50.0 cm³/mol. The minimum atomic E-state index is -1.03. The molecule has 0 aliphatic carbocycles. The van der Waals surface area contributed by atoms with Gasteiger partial charge in [-0.15, -0.1) is 0 Å². The van der Waals surface area contributed by atoms with Gasteiger partial charge in [0.25, 0.3) is 0 Å². The Morgan fingerprint density at radius 1 is 1.64 bits per heavy atom. The molecule has 0 saturated heterocycles. The van der Waals surface area contributed by atoms with Crippen LogP contribution in [-0.2, 0) is 6.54 Å². The molecular formula is C9H9N3O2. The van der Waals surface area contributed by atoms with E-state index in [1.165, 1.54) is 6.20 Å². The zero-order chi connectivity index (χ0) is 10.1. The molecule has 0 spiro atoms. The van der Waals surface area contributed by atoms with Crippen molar-refractivity contribution in [3.8, 4) is 0 Å². The van der Waals surface area contributed by atoms with Crippen LogP contribution in [-0.4, -0.2) is 20.5 Å². The quantitative estimate of drug-likeness (QED) is 0.723. The van der Waals surface area contributed by atoms with Gasteiger partial charge in [0, 0.05) is 25.1 Å². The van der Waals surface area contributed by atoms with Gasteiger partial charge in [0.1, 0.15) is 0 Å². The van der Waals surface area contributed by atoms with Crippen LogP contribution >= 0.6 is 0 Å². The van der Waals surface area contributed by atoms with E-state index in [-0.39, 0.29) is 5.69 Å². The Kier molecular flexibility index (Phi) is 1.94. The SMILES string of the molecule is NCc1cc2c(C(=O)O)nccn2c1. The molecular weight excluding hydrogens is 182 g/mol. The maximum atomic E-state index is 10.8. The largest absolute Gasteiger partial charge is 0.476 e. The van der Waals surface area contributed by atoms with E-state index in [0.717, 1.165) is 5.56 Å². The summed E-state index contributed by atoms with van der Waals surface area (Å²) in [4.78, 5) is 14.6. The van der Waals surface area contributed by atoms with Crippen molar-refractivity contribution in [2.75, 3.05) is 0 Å². The summed E-state index contributed by atoms with van der Waals surface area (Å²) in [5.74, 6) is -1.03. The number of aromatic nitrogens is 2. The molecule has 0 aliphatic heterocycles. The van der Waals surface area contributed by atoms with Gasteiger partial charge in [-0.25, -0.2) is 9.78 Å². The second-order valence-corrected chi connectivity index (χ2v) is 2.93. The van der Waals surface area contributed by atoms with E-state index >= 15 is 0 Å². The Morgan fingerprint density at radius 3 is 3.07 bits per heavy atom. The molecule has 0 aromatic carbocycles. The molecule has 2 aromatic heterocycles. The standard InChI is InChI=1S/C9H9N3O2/c10-4-6-3-7-8(9(13)14)11-1-2-12(7)5-6/h1-3,5H,4,10H2,(H,13,14). The molecule has 5 heteroatoms. The Hall–Kier alpha value is -1.88. The third-order valence-corrected chi connectivity index (χ3v) is 2.02. The highest BCUT2D eigenvalue weighted by atomic mass is 16.4. The summed E-state index contributed by atoms with van der Waals surface area (Å²) >= 11 is 0. The average Bonchev–Trinajstić information content (AvgIpc) is 2.59. The maximum Gasteiger partial charge on any atom is 0.356 e. The topological polar surface area (TPSA) is 80.6 Å². The lowest BCUT2D eigenvalue weighted by atomic mass is 10.3. The van der Waals surface area contributed by atoms with Gasteiger partial charge in [-0.1, -0.05) is 0 Å². The summed E-state index contributed by atoms with van der Waals surface area (Å²) in [6, 6.07) is 1.73. The van der Waals surface area contributed by atoms with Crippen LogP contribution < -0.4 is 5.73 Å². The number of carboxylic acid groups (broad SMARTS) is 1. The second kappa shape index (κ2) is 3.12. The van der Waals surface area contributed by atoms with Crippen LogP contribution in [0, 0.1) is 0 Å². The molecule has 0 amide bonds. The van der Waals surface area contributed by atoms with Gasteiger partial charge in [0.2, 0.25) is 0 Å². The highest BCUT2D eigenvalue weighted by molar-refractivity contribution is 5.93. The van der Waals surface area contributed by atoms with E-state index in [1.54, 1.807) is 22.9 Å². The lowest BCUT2D eigenvalue weighted by Gasteiger charge is -1.96. The van der Waals surface area contributed by atoms with Crippen LogP contribution in [0.1, 0.15) is 16.1 Å². The van der Waals surface area contributed by atoms with Crippen LogP contribution in [0.4, 0.5) is 0 Å². The third kappa shape index (κ3) is 1.23. The summed E-state index contributed by atoms with van der Waals surface area (Å²) in [6.45, 7) is 0.390. The number of nitrogens with zero attached hydrogens (tertiary/aromatic N) is 2. The predicted octanol–water partition coefficient (Wildman–Crippen LogP) is 0.491. The first-order chi connectivity index (χ1) is 6.72. The van der Waals surface area contributed by atoms with Gasteiger partial charge in [0.15, 0.2) is 5.69 Å². The molecule has 0 atom stereocenters. The van der Waals surface area contributed by atoms with E-state index in [4.69, 9.17) is 10.8 Å². The van der Waals surface area contributed by atoms with Gasteiger partial charge in [-0.3, -0.25) is 0 Å². The first kappa shape index (κ1) is 8.71. The molecule has 14 heavy (non-hydrogen) atoms. The number of hydrogen-bond donors (Lipinski definition) is 2. The number of carbonyl (C=O) groups is 1.